The van der Waals surface area contributed by atoms with Gasteiger partial charge in [-0.15, -0.1) is 12.4 Å². The molecule has 2 aromatic rings. The molecule has 0 aliphatic carbocycles. The number of halogens is 1. The van der Waals surface area contributed by atoms with E-state index in [1.54, 1.807) is 0 Å². The van der Waals surface area contributed by atoms with Crippen LogP contribution in [0.15, 0.2) is 18.2 Å². The van der Waals surface area contributed by atoms with E-state index in [1.807, 2.05) is 25.1 Å². The molecule has 6 heteroatoms. The smallest absolute Gasteiger partial charge is 0.227 e. The third-order valence-electron chi connectivity index (χ3n) is 3.46. The van der Waals surface area contributed by atoms with Crippen molar-refractivity contribution in [2.75, 3.05) is 11.9 Å². The topological polar surface area (TPSA) is 54.0 Å². The number of anilines is 1. The lowest BCUT2D eigenvalue weighted by Crippen LogP contribution is -2.27. The van der Waals surface area contributed by atoms with Crippen molar-refractivity contribution in [2.24, 2.45) is 0 Å². The molecule has 0 bridgehead atoms. The molecule has 2 heterocycles. The Bertz CT molecular complexity index is 607. The van der Waals surface area contributed by atoms with Crippen LogP contribution in [0.5, 0.6) is 0 Å². The minimum atomic E-state index is 0. The van der Waals surface area contributed by atoms with Gasteiger partial charge in [0.15, 0.2) is 5.13 Å². The zero-order valence-electron chi connectivity index (χ0n) is 11.3. The molecule has 0 spiro atoms. The average molecular weight is 312 g/mol. The largest absolute Gasteiger partial charge is 0.313 e. The van der Waals surface area contributed by atoms with Crippen LogP contribution in [0.2, 0.25) is 0 Å². The number of carbonyl (C=O) groups is 1. The van der Waals surface area contributed by atoms with Gasteiger partial charge >= 0.3 is 0 Å². The maximum atomic E-state index is 11.9. The van der Waals surface area contributed by atoms with E-state index in [4.69, 9.17) is 0 Å². The highest BCUT2D eigenvalue weighted by Gasteiger charge is 2.18. The minimum Gasteiger partial charge on any atom is -0.313 e. The highest BCUT2D eigenvalue weighted by molar-refractivity contribution is 7.22. The van der Waals surface area contributed by atoms with Gasteiger partial charge in [0.2, 0.25) is 5.91 Å². The predicted octanol–water partition coefficient (Wildman–Crippen LogP) is 3.11. The van der Waals surface area contributed by atoms with Crippen LogP contribution in [0.4, 0.5) is 5.13 Å². The zero-order valence-corrected chi connectivity index (χ0v) is 12.9. The van der Waals surface area contributed by atoms with E-state index in [0.29, 0.717) is 17.6 Å². The number of amides is 1. The molecule has 1 saturated heterocycles. The number of benzene rings is 1. The van der Waals surface area contributed by atoms with Crippen molar-refractivity contribution < 1.29 is 4.79 Å². The van der Waals surface area contributed by atoms with Crippen LogP contribution >= 0.6 is 23.7 Å². The monoisotopic (exact) mass is 311 g/mol. The molecule has 0 saturated carbocycles. The molecule has 20 heavy (non-hydrogen) atoms. The van der Waals surface area contributed by atoms with Crippen LogP contribution in [0.25, 0.3) is 10.2 Å². The summed E-state index contributed by atoms with van der Waals surface area (Å²) in [7, 11) is 0. The average Bonchev–Trinajstić information content (AvgIpc) is 2.98. The van der Waals surface area contributed by atoms with Gasteiger partial charge < -0.3 is 10.6 Å². The van der Waals surface area contributed by atoms with E-state index in [0.717, 1.165) is 35.2 Å². The Morgan fingerprint density at radius 3 is 3.10 bits per heavy atom. The summed E-state index contributed by atoms with van der Waals surface area (Å²) in [5.74, 6) is 0.0520. The standard InChI is InChI=1S/C14H17N3OS.ClH/c1-9-4-2-6-11-13(9)17-14(19-11)16-12(18)8-10-5-3-7-15-10;/h2,4,6,10,15H,3,5,7-8H2,1H3,(H,16,17,18);1H. The van der Waals surface area contributed by atoms with Gasteiger partial charge in [0.25, 0.3) is 0 Å². The molecule has 1 amide bonds. The second-order valence-electron chi connectivity index (χ2n) is 4.99. The molecule has 4 nitrogen and oxygen atoms in total. The normalized spacial score (nSPS) is 17.9. The molecule has 3 rings (SSSR count). The number of thiazole rings is 1. The summed E-state index contributed by atoms with van der Waals surface area (Å²) in [6.45, 7) is 3.06. The van der Waals surface area contributed by atoms with Gasteiger partial charge in [-0.2, -0.15) is 0 Å². The van der Waals surface area contributed by atoms with Crippen LogP contribution in [0.1, 0.15) is 24.8 Å². The summed E-state index contributed by atoms with van der Waals surface area (Å²) in [6, 6.07) is 6.42. The highest BCUT2D eigenvalue weighted by Crippen LogP contribution is 2.28. The molecule has 108 valence electrons. The molecule has 1 aliphatic heterocycles. The second-order valence-corrected chi connectivity index (χ2v) is 6.02. The van der Waals surface area contributed by atoms with Crippen LogP contribution in [0.3, 0.4) is 0 Å². The number of nitrogens with one attached hydrogen (secondary N) is 2. The number of fused-ring (bicyclic) bond motifs is 1. The van der Waals surface area contributed by atoms with Gasteiger partial charge in [-0.1, -0.05) is 23.5 Å². The third kappa shape index (κ3) is 3.29. The molecule has 1 aliphatic rings. The molecule has 1 aromatic heterocycles. The second kappa shape index (κ2) is 6.52. The van der Waals surface area contributed by atoms with Gasteiger partial charge in [0.05, 0.1) is 10.2 Å². The molecule has 0 radical (unpaired) electrons. The molecular formula is C14H18ClN3OS. The lowest BCUT2D eigenvalue weighted by Gasteiger charge is -2.08. The SMILES string of the molecule is Cc1cccc2sc(NC(=O)CC3CCCN3)nc12.Cl. The number of carbonyl (C=O) groups excluding carboxylic acids is 1. The Hall–Kier alpha value is -1.17. The Kier molecular flexibility index (Phi) is 4.96. The van der Waals surface area contributed by atoms with Crippen molar-refractivity contribution >= 4 is 45.0 Å². The fourth-order valence-corrected chi connectivity index (χ4v) is 3.42. The lowest BCUT2D eigenvalue weighted by molar-refractivity contribution is -0.116. The number of para-hydroxylation sites is 1. The molecular weight excluding hydrogens is 294 g/mol. The highest BCUT2D eigenvalue weighted by atomic mass is 35.5. The number of aryl methyl sites for hydroxylation is 1. The molecule has 1 aromatic carbocycles. The number of hydrogen-bond acceptors (Lipinski definition) is 4. The Labute approximate surface area is 128 Å². The number of hydrogen-bond donors (Lipinski definition) is 2. The van der Waals surface area contributed by atoms with Gasteiger partial charge in [0.1, 0.15) is 0 Å². The number of rotatable bonds is 3. The first-order valence-corrected chi connectivity index (χ1v) is 7.43. The van der Waals surface area contributed by atoms with E-state index < -0.39 is 0 Å². The van der Waals surface area contributed by atoms with Crippen molar-refractivity contribution in [3.8, 4) is 0 Å². The van der Waals surface area contributed by atoms with Gasteiger partial charge in [-0.05, 0) is 37.9 Å². The van der Waals surface area contributed by atoms with E-state index in [1.165, 1.54) is 11.3 Å². The van der Waals surface area contributed by atoms with E-state index in [-0.39, 0.29) is 18.3 Å². The van der Waals surface area contributed by atoms with Gasteiger partial charge in [0, 0.05) is 12.5 Å². The summed E-state index contributed by atoms with van der Waals surface area (Å²) in [4.78, 5) is 16.4. The van der Waals surface area contributed by atoms with Crippen molar-refractivity contribution in [3.63, 3.8) is 0 Å². The fraction of sp³-hybridized carbons (Fsp3) is 0.429. The van der Waals surface area contributed by atoms with Crippen molar-refractivity contribution in [1.29, 1.82) is 0 Å². The van der Waals surface area contributed by atoms with Crippen LogP contribution in [-0.2, 0) is 4.79 Å². The summed E-state index contributed by atoms with van der Waals surface area (Å²) < 4.78 is 1.12. The molecule has 1 fully saturated rings. The molecule has 1 atom stereocenters. The van der Waals surface area contributed by atoms with Crippen LogP contribution in [0, 0.1) is 6.92 Å². The van der Waals surface area contributed by atoms with Crippen LogP contribution < -0.4 is 10.6 Å². The number of aromatic nitrogens is 1. The van der Waals surface area contributed by atoms with E-state index in [2.05, 4.69) is 15.6 Å². The predicted molar refractivity (Wildman–Crippen MR) is 85.9 cm³/mol. The lowest BCUT2D eigenvalue weighted by atomic mass is 10.1. The summed E-state index contributed by atoms with van der Waals surface area (Å²) in [5.41, 5.74) is 2.13. The Morgan fingerprint density at radius 1 is 1.55 bits per heavy atom. The van der Waals surface area contributed by atoms with Gasteiger partial charge in [-0.3, -0.25) is 4.79 Å². The maximum absolute atomic E-state index is 11.9. The molecule has 1 unspecified atom stereocenters. The third-order valence-corrected chi connectivity index (χ3v) is 4.40. The summed E-state index contributed by atoms with van der Waals surface area (Å²) in [5, 5.41) is 6.95. The van der Waals surface area contributed by atoms with E-state index >= 15 is 0 Å². The van der Waals surface area contributed by atoms with E-state index in [9.17, 15) is 4.79 Å². The first-order chi connectivity index (χ1) is 9.22. The van der Waals surface area contributed by atoms with Gasteiger partial charge in [-0.25, -0.2) is 4.98 Å². The maximum Gasteiger partial charge on any atom is 0.227 e. The van der Waals surface area contributed by atoms with Crippen LogP contribution in [-0.4, -0.2) is 23.5 Å². The van der Waals surface area contributed by atoms with Crippen molar-refractivity contribution in [2.45, 2.75) is 32.2 Å². The minimum absolute atomic E-state index is 0. The number of nitrogens with zero attached hydrogens (tertiary/aromatic N) is 1. The molecule has 2 N–H and O–H groups in total. The Morgan fingerprint density at radius 2 is 2.40 bits per heavy atom. The van der Waals surface area contributed by atoms with Crippen molar-refractivity contribution in [1.82, 2.24) is 10.3 Å². The quantitative estimate of drug-likeness (QED) is 0.916. The Balaban J connectivity index is 0.00000147. The van der Waals surface area contributed by atoms with Crippen molar-refractivity contribution in [3.05, 3.63) is 23.8 Å². The summed E-state index contributed by atoms with van der Waals surface area (Å²) >= 11 is 1.53. The summed E-state index contributed by atoms with van der Waals surface area (Å²) in [6.07, 6.45) is 2.79. The zero-order chi connectivity index (χ0) is 13.2. The fourth-order valence-electron chi connectivity index (χ4n) is 2.46. The first kappa shape index (κ1) is 15.2. The first-order valence-electron chi connectivity index (χ1n) is 6.62.